The van der Waals surface area contributed by atoms with Crippen LogP contribution in [0.4, 0.5) is 0 Å². The lowest BCUT2D eigenvalue weighted by Gasteiger charge is -2.41. The molecule has 0 amide bonds. The monoisotopic (exact) mass is 272 g/mol. The maximum absolute atomic E-state index is 9.05. The second-order valence-corrected chi connectivity index (χ2v) is 4.83. The average Bonchev–Trinajstić information content (AvgIpc) is 2.53. The third-order valence-corrected chi connectivity index (χ3v) is 3.12. The van der Waals surface area contributed by atoms with Gasteiger partial charge < -0.3 is 14.7 Å². The molecule has 0 bridgehead atoms. The van der Waals surface area contributed by atoms with E-state index in [0.717, 1.165) is 4.90 Å². The van der Waals surface area contributed by atoms with Crippen molar-refractivity contribution in [2.45, 2.75) is 31.2 Å². The Bertz CT molecular complexity index is 710. The van der Waals surface area contributed by atoms with E-state index in [0.29, 0.717) is 0 Å². The largest absolute Gasteiger partial charge is 0.497 e. The van der Waals surface area contributed by atoms with Crippen LogP contribution in [0.1, 0.15) is 42.2 Å². The first-order chi connectivity index (χ1) is 12.6. The van der Waals surface area contributed by atoms with Crippen LogP contribution in [-0.2, 0) is 5.60 Å². The first kappa shape index (κ1) is 6.59. The Kier molecular flexibility index (Phi) is 2.06. The van der Waals surface area contributed by atoms with Crippen molar-refractivity contribution in [2.75, 3.05) is 27.6 Å². The predicted octanol–water partition coefficient (Wildman–Crippen LogP) is 2.63. The summed E-state index contributed by atoms with van der Waals surface area (Å²) in [4.78, 5) is 1.16. The Hall–Kier alpha value is -1.06. The van der Waals surface area contributed by atoms with Gasteiger partial charge in [-0.05, 0) is 44.6 Å². The molecule has 1 fully saturated rings. The molecule has 0 unspecified atom stereocenters. The van der Waals surface area contributed by atoms with E-state index in [9.17, 15) is 0 Å². The van der Waals surface area contributed by atoms with Gasteiger partial charge in [0.25, 0.3) is 0 Å². The molecule has 1 aliphatic rings. The number of benzene rings is 1. The fraction of sp³-hybridized carbons (Fsp3) is 0.625. The molecular formula is C16H25NO2. The molecule has 0 saturated heterocycles. The van der Waals surface area contributed by atoms with Crippen LogP contribution in [-0.4, -0.2) is 39.1 Å². The Balaban J connectivity index is 2.76. The van der Waals surface area contributed by atoms with E-state index >= 15 is 0 Å². The molecule has 3 nitrogen and oxygen atoms in total. The first-order valence-electron chi connectivity index (χ1n) is 10.7. The maximum Gasteiger partial charge on any atom is 0.211 e. The molecule has 106 valence electrons. The van der Waals surface area contributed by atoms with Gasteiger partial charge in [0.2, 0.25) is 1.43 Å². The lowest BCUT2D eigenvalue weighted by Crippen LogP contribution is -2.43. The topological polar surface area (TPSA) is 32.7 Å². The van der Waals surface area contributed by atoms with Crippen molar-refractivity contribution >= 4 is 0 Å². The quantitative estimate of drug-likeness (QED) is 0.894. The van der Waals surface area contributed by atoms with Crippen LogP contribution in [0.2, 0.25) is 0 Å². The van der Waals surface area contributed by atoms with Gasteiger partial charge in [0.1, 0.15) is 5.75 Å². The average molecular weight is 272 g/mol. The summed E-state index contributed by atoms with van der Waals surface area (Å²) >= 11 is 0. The van der Waals surface area contributed by atoms with Crippen molar-refractivity contribution in [2.24, 2.45) is 5.89 Å². The number of ether oxygens (including phenoxy) is 1. The third kappa shape index (κ3) is 3.10. The number of rotatable bonds is 5. The Morgan fingerprint density at radius 1 is 1.68 bits per heavy atom. The lowest BCUT2D eigenvalue weighted by molar-refractivity contribution is -0.0619. The summed E-state index contributed by atoms with van der Waals surface area (Å²) in [5.41, 5.74) is -2.34. The summed E-state index contributed by atoms with van der Waals surface area (Å²) in [6.07, 6.45) is -2.13. The minimum Gasteiger partial charge on any atom is -0.497 e. The highest BCUT2D eigenvalue weighted by molar-refractivity contribution is 5.33. The van der Waals surface area contributed by atoms with E-state index in [2.05, 4.69) is 0 Å². The van der Waals surface area contributed by atoms with Crippen LogP contribution in [0.25, 0.3) is 0 Å². The number of methoxy groups -OCH3 is 1. The Morgan fingerprint density at radius 3 is 3.32 bits per heavy atom. The zero-order valence-corrected chi connectivity index (χ0v) is 11.2. The second-order valence-electron chi connectivity index (χ2n) is 4.83. The number of aliphatic hydroxyl groups is 1. The summed E-state index contributed by atoms with van der Waals surface area (Å²) in [5.74, 6) is -2.31. The highest BCUT2D eigenvalue weighted by Gasteiger charge is 2.40. The van der Waals surface area contributed by atoms with Gasteiger partial charge in [-0.25, -0.2) is 0 Å². The van der Waals surface area contributed by atoms with Crippen LogP contribution in [0, 0.1) is 5.89 Å². The molecule has 1 aliphatic carbocycles. The van der Waals surface area contributed by atoms with Gasteiger partial charge in [0, 0.05) is 19.2 Å². The van der Waals surface area contributed by atoms with Crippen molar-refractivity contribution in [3.63, 3.8) is 0 Å². The summed E-state index contributed by atoms with van der Waals surface area (Å²) in [6.45, 7) is -2.36. The van der Waals surface area contributed by atoms with Crippen LogP contribution >= 0.6 is 0 Å². The van der Waals surface area contributed by atoms with Crippen LogP contribution in [0.15, 0.2) is 24.3 Å². The fourth-order valence-electron chi connectivity index (χ4n) is 2.27. The molecule has 2 rings (SSSR count). The molecule has 1 aromatic carbocycles. The molecule has 3 heteroatoms. The number of hydrogen-bond acceptors (Lipinski definition) is 3. The molecule has 19 heavy (non-hydrogen) atoms. The summed E-state index contributed by atoms with van der Waals surface area (Å²) in [6, 6.07) is 5.38. The van der Waals surface area contributed by atoms with Gasteiger partial charge in [-0.15, -0.1) is 0 Å². The van der Waals surface area contributed by atoms with Gasteiger partial charge in [-0.2, -0.15) is 0 Å². The van der Waals surface area contributed by atoms with Crippen molar-refractivity contribution < 1.29 is 20.8 Å². The van der Waals surface area contributed by atoms with E-state index in [1.165, 1.54) is 38.4 Å². The van der Waals surface area contributed by atoms with E-state index in [4.69, 9.17) is 22.2 Å². The summed E-state index contributed by atoms with van der Waals surface area (Å²) < 4.78 is 77.6. The number of nitrogens with zero attached hydrogens (tertiary/aromatic N) is 1. The molecule has 0 aromatic heterocycles. The van der Waals surface area contributed by atoms with Crippen molar-refractivity contribution in [3.8, 4) is 5.75 Å². The van der Waals surface area contributed by atoms with Crippen molar-refractivity contribution in [3.05, 3.63) is 29.8 Å². The summed E-state index contributed by atoms with van der Waals surface area (Å²) in [5, 5.41) is 4.94. The normalized spacial score (nSPS) is 42.4. The molecule has 0 heterocycles. The molecule has 0 radical (unpaired) electrons. The minimum absolute atomic E-state index is 0.0188. The third-order valence-electron chi connectivity index (χ3n) is 3.12. The zero-order chi connectivity index (χ0) is 21.6. The SMILES string of the molecule is [2H]O[C@@]1(c2cccc(OC([2H])([2H])[2H])c2)C([2H])([2H])CCC[C@@]1([2H])C([2H])([2H])N(C)C. The lowest BCUT2D eigenvalue weighted by atomic mass is 9.71. The van der Waals surface area contributed by atoms with Crippen molar-refractivity contribution in [1.29, 1.82) is 1.43 Å². The Morgan fingerprint density at radius 2 is 2.58 bits per heavy atom. The van der Waals surface area contributed by atoms with Crippen molar-refractivity contribution in [1.82, 2.24) is 4.90 Å². The molecule has 0 aliphatic heterocycles. The second kappa shape index (κ2) is 5.93. The van der Waals surface area contributed by atoms with Crippen LogP contribution < -0.4 is 4.74 Å². The Labute approximate surface area is 128 Å². The van der Waals surface area contributed by atoms with E-state index < -0.39 is 31.4 Å². The highest BCUT2D eigenvalue weighted by atomic mass is 16.5. The van der Waals surface area contributed by atoms with Gasteiger partial charge in [0.05, 0.1) is 16.8 Å². The zero-order valence-electron chi connectivity index (χ0n) is 20.2. The minimum atomic E-state index is -2.74. The standard InChI is InChI=1S/C16H25NO2/c1-17(2)12-14-7-4-5-10-16(14,18)13-8-6-9-15(11-13)19-3/h6,8-9,11,14,18H,4-5,7,10,12H2,1-3H3/t14-,16+/m0/s1/i3D3,10D2,12D2,14D,18D. The predicted molar refractivity (Wildman–Crippen MR) is 77.4 cm³/mol. The van der Waals surface area contributed by atoms with Gasteiger partial charge in [0.15, 0.2) is 0 Å². The van der Waals surface area contributed by atoms with E-state index in [-0.39, 0.29) is 30.6 Å². The van der Waals surface area contributed by atoms with E-state index in [1.54, 1.807) is 0 Å². The molecular weight excluding hydrogens is 238 g/mol. The number of hydrogen-bond donors (Lipinski definition) is 1. The maximum atomic E-state index is 9.05. The fourth-order valence-corrected chi connectivity index (χ4v) is 2.27. The van der Waals surface area contributed by atoms with Gasteiger partial charge >= 0.3 is 0 Å². The molecule has 1 N–H and O–H groups in total. The van der Waals surface area contributed by atoms with Gasteiger partial charge in [-0.1, -0.05) is 25.0 Å². The molecule has 1 aromatic rings. The smallest absolute Gasteiger partial charge is 0.211 e. The van der Waals surface area contributed by atoms with Crippen LogP contribution in [0.3, 0.4) is 0 Å². The molecule has 1 saturated carbocycles. The first-order valence-corrected chi connectivity index (χ1v) is 6.26. The van der Waals surface area contributed by atoms with Crippen LogP contribution in [0.5, 0.6) is 5.75 Å². The molecule has 0 spiro atoms. The van der Waals surface area contributed by atoms with Gasteiger partial charge in [-0.3, -0.25) is 0 Å². The highest BCUT2D eigenvalue weighted by Crippen LogP contribution is 2.42. The summed E-state index contributed by atoms with van der Waals surface area (Å²) in [7, 11) is 0.127. The van der Waals surface area contributed by atoms with E-state index in [1.807, 2.05) is 0 Å². The molecule has 2 atom stereocenters.